The van der Waals surface area contributed by atoms with Gasteiger partial charge in [-0.15, -0.1) is 0 Å². The molecule has 6 heteroatoms. The fraction of sp³-hybridized carbons (Fsp3) is 0.400. The molecule has 0 aliphatic rings. The van der Waals surface area contributed by atoms with E-state index in [4.69, 9.17) is 4.74 Å². The molecule has 0 aliphatic carbocycles. The lowest BCUT2D eigenvalue weighted by Crippen LogP contribution is -2.31. The van der Waals surface area contributed by atoms with Crippen LogP contribution < -0.4 is 10.1 Å². The van der Waals surface area contributed by atoms with Crippen LogP contribution >= 0.6 is 0 Å². The monoisotopic (exact) mass is 301 g/mol. The standard InChI is InChI=1S/C15H18F3NO2/c1-10(2)19-14(20)13-11(6-4-8-12(13)21-3)7-5-9-15(16,17)18/h4-8,10H,9H2,1-3H3,(H,19,20)/b7-5+. The fourth-order valence-electron chi connectivity index (χ4n) is 1.75. The van der Waals surface area contributed by atoms with E-state index in [9.17, 15) is 18.0 Å². The van der Waals surface area contributed by atoms with Crippen LogP contribution in [0.4, 0.5) is 13.2 Å². The second-order valence-electron chi connectivity index (χ2n) is 4.77. The largest absolute Gasteiger partial charge is 0.496 e. The molecule has 116 valence electrons. The summed E-state index contributed by atoms with van der Waals surface area (Å²) in [6.07, 6.45) is -3.04. The van der Waals surface area contributed by atoms with Crippen molar-refractivity contribution in [2.24, 2.45) is 0 Å². The summed E-state index contributed by atoms with van der Waals surface area (Å²) in [6, 6.07) is 4.70. The summed E-state index contributed by atoms with van der Waals surface area (Å²) in [5.41, 5.74) is 0.615. The van der Waals surface area contributed by atoms with Gasteiger partial charge in [0.15, 0.2) is 0 Å². The second-order valence-corrected chi connectivity index (χ2v) is 4.77. The average molecular weight is 301 g/mol. The van der Waals surface area contributed by atoms with E-state index in [0.29, 0.717) is 11.3 Å². The highest BCUT2D eigenvalue weighted by atomic mass is 19.4. The molecule has 0 fully saturated rings. The number of carbonyl (C=O) groups is 1. The van der Waals surface area contributed by atoms with E-state index >= 15 is 0 Å². The number of alkyl halides is 3. The minimum atomic E-state index is -4.27. The van der Waals surface area contributed by atoms with Crippen molar-refractivity contribution in [3.8, 4) is 5.75 Å². The fourth-order valence-corrected chi connectivity index (χ4v) is 1.75. The normalized spacial score (nSPS) is 12.0. The van der Waals surface area contributed by atoms with Crippen molar-refractivity contribution < 1.29 is 22.7 Å². The van der Waals surface area contributed by atoms with Gasteiger partial charge in [-0.05, 0) is 25.5 Å². The maximum atomic E-state index is 12.2. The Hall–Kier alpha value is -1.98. The van der Waals surface area contributed by atoms with Crippen LogP contribution in [0.5, 0.6) is 5.75 Å². The van der Waals surface area contributed by atoms with E-state index in [0.717, 1.165) is 6.08 Å². The molecule has 1 rings (SSSR count). The van der Waals surface area contributed by atoms with E-state index in [2.05, 4.69) is 5.32 Å². The minimum Gasteiger partial charge on any atom is -0.496 e. The van der Waals surface area contributed by atoms with E-state index in [1.165, 1.54) is 13.2 Å². The van der Waals surface area contributed by atoms with Gasteiger partial charge < -0.3 is 10.1 Å². The number of methoxy groups -OCH3 is 1. The highest BCUT2D eigenvalue weighted by Crippen LogP contribution is 2.25. The molecule has 1 amide bonds. The Morgan fingerprint density at radius 2 is 2.05 bits per heavy atom. The summed E-state index contributed by atoms with van der Waals surface area (Å²) >= 11 is 0. The third-order valence-corrected chi connectivity index (χ3v) is 2.57. The number of halogens is 3. The topological polar surface area (TPSA) is 38.3 Å². The van der Waals surface area contributed by atoms with Crippen molar-refractivity contribution in [3.63, 3.8) is 0 Å². The van der Waals surface area contributed by atoms with Gasteiger partial charge in [-0.2, -0.15) is 13.2 Å². The zero-order valence-electron chi connectivity index (χ0n) is 12.1. The molecule has 1 aromatic carbocycles. The Morgan fingerprint density at radius 3 is 2.57 bits per heavy atom. The molecule has 0 aromatic heterocycles. The van der Waals surface area contributed by atoms with Gasteiger partial charge in [0.1, 0.15) is 5.75 Å². The van der Waals surface area contributed by atoms with Gasteiger partial charge in [-0.25, -0.2) is 0 Å². The Kier molecular flexibility index (Phi) is 5.81. The number of ether oxygens (including phenoxy) is 1. The zero-order chi connectivity index (χ0) is 16.0. The molecule has 0 radical (unpaired) electrons. The van der Waals surface area contributed by atoms with Crippen LogP contribution in [0.3, 0.4) is 0 Å². The summed E-state index contributed by atoms with van der Waals surface area (Å²) in [5.74, 6) is -0.0589. The maximum Gasteiger partial charge on any atom is 0.392 e. The molecule has 0 heterocycles. The number of carbonyl (C=O) groups excluding carboxylic acids is 1. The predicted molar refractivity (Wildman–Crippen MR) is 75.3 cm³/mol. The summed E-state index contributed by atoms with van der Waals surface area (Å²) in [6.45, 7) is 3.60. The summed E-state index contributed by atoms with van der Waals surface area (Å²) in [4.78, 5) is 12.2. The first-order valence-electron chi connectivity index (χ1n) is 6.45. The highest BCUT2D eigenvalue weighted by molar-refractivity contribution is 6.00. The van der Waals surface area contributed by atoms with Crippen molar-refractivity contribution in [1.82, 2.24) is 5.32 Å². The Balaban J connectivity index is 3.11. The van der Waals surface area contributed by atoms with E-state index in [1.807, 2.05) is 0 Å². The molecular weight excluding hydrogens is 283 g/mol. The quantitative estimate of drug-likeness (QED) is 0.898. The van der Waals surface area contributed by atoms with Crippen LogP contribution in [-0.4, -0.2) is 25.2 Å². The number of hydrogen-bond acceptors (Lipinski definition) is 2. The lowest BCUT2D eigenvalue weighted by atomic mass is 10.0. The lowest BCUT2D eigenvalue weighted by molar-refractivity contribution is -0.124. The summed E-state index contributed by atoms with van der Waals surface area (Å²) in [5, 5.41) is 2.71. The van der Waals surface area contributed by atoms with Crippen LogP contribution in [0.1, 0.15) is 36.2 Å². The van der Waals surface area contributed by atoms with Gasteiger partial charge in [0.05, 0.1) is 19.1 Å². The predicted octanol–water partition coefficient (Wildman–Crippen LogP) is 3.80. The van der Waals surface area contributed by atoms with Gasteiger partial charge in [0, 0.05) is 6.04 Å². The van der Waals surface area contributed by atoms with E-state index < -0.39 is 12.6 Å². The first-order valence-corrected chi connectivity index (χ1v) is 6.45. The molecule has 0 unspecified atom stereocenters. The Bertz CT molecular complexity index is 522. The van der Waals surface area contributed by atoms with Crippen molar-refractivity contribution in [1.29, 1.82) is 0 Å². The second kappa shape index (κ2) is 7.15. The van der Waals surface area contributed by atoms with E-state index in [1.54, 1.807) is 32.0 Å². The molecule has 1 aromatic rings. The van der Waals surface area contributed by atoms with Crippen LogP contribution in [0.15, 0.2) is 24.3 Å². The number of allylic oxidation sites excluding steroid dienone is 1. The maximum absolute atomic E-state index is 12.2. The zero-order valence-corrected chi connectivity index (χ0v) is 12.1. The molecule has 0 saturated carbocycles. The highest BCUT2D eigenvalue weighted by Gasteiger charge is 2.25. The smallest absolute Gasteiger partial charge is 0.392 e. The molecule has 21 heavy (non-hydrogen) atoms. The molecule has 1 N–H and O–H groups in total. The van der Waals surface area contributed by atoms with Crippen molar-refractivity contribution in [3.05, 3.63) is 35.4 Å². The molecule has 0 saturated heterocycles. The van der Waals surface area contributed by atoms with Crippen LogP contribution in [0.2, 0.25) is 0 Å². The molecule has 3 nitrogen and oxygen atoms in total. The minimum absolute atomic E-state index is 0.0885. The third-order valence-electron chi connectivity index (χ3n) is 2.57. The average Bonchev–Trinajstić information content (AvgIpc) is 2.35. The van der Waals surface area contributed by atoms with Crippen molar-refractivity contribution >= 4 is 12.0 Å². The molecule has 0 spiro atoms. The van der Waals surface area contributed by atoms with Crippen LogP contribution in [-0.2, 0) is 0 Å². The number of hydrogen-bond donors (Lipinski definition) is 1. The molecule has 0 aliphatic heterocycles. The SMILES string of the molecule is COc1cccc(/C=C/CC(F)(F)F)c1C(=O)NC(C)C. The summed E-state index contributed by atoms with van der Waals surface area (Å²) < 4.78 is 41.7. The Morgan fingerprint density at radius 1 is 1.38 bits per heavy atom. The van der Waals surface area contributed by atoms with Crippen molar-refractivity contribution in [2.45, 2.75) is 32.5 Å². The number of amides is 1. The first-order chi connectivity index (χ1) is 9.74. The number of rotatable bonds is 5. The Labute approximate surface area is 121 Å². The van der Waals surface area contributed by atoms with Gasteiger partial charge in [-0.1, -0.05) is 24.3 Å². The van der Waals surface area contributed by atoms with Gasteiger partial charge in [0.25, 0.3) is 5.91 Å². The molecule has 0 bridgehead atoms. The number of nitrogens with one attached hydrogen (secondary N) is 1. The van der Waals surface area contributed by atoms with Gasteiger partial charge in [-0.3, -0.25) is 4.79 Å². The van der Waals surface area contributed by atoms with Gasteiger partial charge in [0.2, 0.25) is 0 Å². The number of benzene rings is 1. The van der Waals surface area contributed by atoms with Gasteiger partial charge >= 0.3 is 6.18 Å². The third kappa shape index (κ3) is 5.49. The van der Waals surface area contributed by atoms with E-state index in [-0.39, 0.29) is 17.5 Å². The molecule has 0 atom stereocenters. The van der Waals surface area contributed by atoms with Crippen LogP contribution in [0, 0.1) is 0 Å². The van der Waals surface area contributed by atoms with Crippen molar-refractivity contribution in [2.75, 3.05) is 7.11 Å². The van der Waals surface area contributed by atoms with Crippen LogP contribution in [0.25, 0.3) is 6.08 Å². The lowest BCUT2D eigenvalue weighted by Gasteiger charge is -2.14. The first kappa shape index (κ1) is 17.1. The molecular formula is C15H18F3NO2. The summed E-state index contributed by atoms with van der Waals surface area (Å²) in [7, 11) is 1.41.